The van der Waals surface area contributed by atoms with Crippen LogP contribution in [0.4, 0.5) is 0 Å². The molecule has 2 rings (SSSR count). The van der Waals surface area contributed by atoms with E-state index < -0.39 is 0 Å². The summed E-state index contributed by atoms with van der Waals surface area (Å²) in [6.45, 7) is 0. The van der Waals surface area contributed by atoms with Crippen molar-refractivity contribution in [1.82, 2.24) is 4.98 Å². The van der Waals surface area contributed by atoms with Gasteiger partial charge in [-0.1, -0.05) is 23.2 Å². The molecule has 4 heteroatoms. The van der Waals surface area contributed by atoms with Gasteiger partial charge in [-0.2, -0.15) is 0 Å². The molecule has 0 N–H and O–H groups in total. The van der Waals surface area contributed by atoms with E-state index >= 15 is 0 Å². The molecule has 0 unspecified atom stereocenters. The third kappa shape index (κ3) is 2.02. The summed E-state index contributed by atoms with van der Waals surface area (Å²) in [6.07, 6.45) is 3.38. The fraction of sp³-hybridized carbons (Fsp3) is 0. The Morgan fingerprint density at radius 3 is 2.62 bits per heavy atom. The second-order valence-corrected chi connectivity index (χ2v) is 4.65. The Morgan fingerprint density at radius 2 is 2.00 bits per heavy atom. The molecule has 0 saturated heterocycles. The molecule has 0 aromatic carbocycles. The number of pyridine rings is 1. The van der Waals surface area contributed by atoms with Gasteiger partial charge in [-0.05, 0) is 18.2 Å². The summed E-state index contributed by atoms with van der Waals surface area (Å²) in [5.74, 6) is 0. The highest BCUT2D eigenvalue weighted by atomic mass is 35.5. The van der Waals surface area contributed by atoms with Crippen molar-refractivity contribution >= 4 is 34.5 Å². The van der Waals surface area contributed by atoms with E-state index in [2.05, 4.69) is 4.98 Å². The third-order valence-electron chi connectivity index (χ3n) is 1.56. The van der Waals surface area contributed by atoms with Crippen molar-refractivity contribution in [3.63, 3.8) is 0 Å². The first kappa shape index (κ1) is 9.00. The van der Waals surface area contributed by atoms with Gasteiger partial charge in [0.25, 0.3) is 0 Å². The molecule has 0 aliphatic rings. The van der Waals surface area contributed by atoms with E-state index in [0.717, 1.165) is 14.8 Å². The van der Waals surface area contributed by atoms with Gasteiger partial charge in [-0.25, -0.2) is 0 Å². The molecular formula is C9H5Cl2NS. The predicted molar refractivity (Wildman–Crippen MR) is 57.6 cm³/mol. The Hall–Kier alpha value is -0.570. The van der Waals surface area contributed by atoms with Crippen molar-refractivity contribution in [2.75, 3.05) is 0 Å². The van der Waals surface area contributed by atoms with Crippen LogP contribution in [0.2, 0.25) is 9.36 Å². The molecule has 2 heterocycles. The number of thiophene rings is 1. The van der Waals surface area contributed by atoms with Crippen LogP contribution in [0.3, 0.4) is 0 Å². The highest BCUT2D eigenvalue weighted by Gasteiger charge is 2.01. The van der Waals surface area contributed by atoms with Gasteiger partial charge in [-0.3, -0.25) is 4.98 Å². The first-order valence-electron chi connectivity index (χ1n) is 3.62. The van der Waals surface area contributed by atoms with Gasteiger partial charge in [0.2, 0.25) is 0 Å². The number of aromatic nitrogens is 1. The third-order valence-corrected chi connectivity index (χ3v) is 3.05. The van der Waals surface area contributed by atoms with Crippen molar-refractivity contribution in [3.05, 3.63) is 40.0 Å². The molecule has 0 atom stereocenters. The molecule has 2 aromatic rings. The minimum Gasteiger partial charge on any atom is -0.263 e. The molecule has 13 heavy (non-hydrogen) atoms. The zero-order valence-corrected chi connectivity index (χ0v) is 8.83. The molecular weight excluding hydrogens is 225 g/mol. The van der Waals surface area contributed by atoms with Gasteiger partial charge in [0.15, 0.2) is 0 Å². The molecule has 0 radical (unpaired) electrons. The highest BCUT2D eigenvalue weighted by molar-refractivity contribution is 7.19. The standard InChI is InChI=1S/C9H5Cl2NS/c10-7-3-6(4-12-5-7)8-1-2-9(11)13-8/h1-5H. The summed E-state index contributed by atoms with van der Waals surface area (Å²) < 4.78 is 0.773. The number of rotatable bonds is 1. The Labute approximate surface area is 90.0 Å². The fourth-order valence-electron chi connectivity index (χ4n) is 1.02. The van der Waals surface area contributed by atoms with E-state index in [4.69, 9.17) is 23.2 Å². The van der Waals surface area contributed by atoms with E-state index in [1.165, 1.54) is 11.3 Å². The number of nitrogens with zero attached hydrogens (tertiary/aromatic N) is 1. The van der Waals surface area contributed by atoms with Crippen molar-refractivity contribution in [1.29, 1.82) is 0 Å². The molecule has 1 nitrogen and oxygen atoms in total. The summed E-state index contributed by atoms with van der Waals surface area (Å²) in [4.78, 5) is 5.08. The van der Waals surface area contributed by atoms with E-state index in [1.54, 1.807) is 12.4 Å². The number of hydrogen-bond acceptors (Lipinski definition) is 2. The van der Waals surface area contributed by atoms with Gasteiger partial charge in [0.05, 0.1) is 9.36 Å². The van der Waals surface area contributed by atoms with Crippen LogP contribution >= 0.6 is 34.5 Å². The molecule has 0 fully saturated rings. The smallest absolute Gasteiger partial charge is 0.0934 e. The van der Waals surface area contributed by atoms with E-state index in [0.29, 0.717) is 5.02 Å². The number of hydrogen-bond donors (Lipinski definition) is 0. The topological polar surface area (TPSA) is 12.9 Å². The fourth-order valence-corrected chi connectivity index (χ4v) is 2.21. The zero-order valence-electron chi connectivity index (χ0n) is 6.50. The first-order chi connectivity index (χ1) is 6.25. The Balaban J connectivity index is 2.46. The summed E-state index contributed by atoms with van der Waals surface area (Å²) in [5.41, 5.74) is 1.00. The lowest BCUT2D eigenvalue weighted by atomic mass is 10.2. The van der Waals surface area contributed by atoms with Crippen LogP contribution in [0.5, 0.6) is 0 Å². The first-order valence-corrected chi connectivity index (χ1v) is 5.19. The maximum Gasteiger partial charge on any atom is 0.0934 e. The summed E-state index contributed by atoms with van der Waals surface area (Å²) in [6, 6.07) is 5.69. The average Bonchev–Trinajstić information content (AvgIpc) is 2.52. The quantitative estimate of drug-likeness (QED) is 0.718. The Bertz CT molecular complexity index is 425. The monoisotopic (exact) mass is 229 g/mol. The molecule has 0 aliphatic carbocycles. The summed E-state index contributed by atoms with van der Waals surface area (Å²) >= 11 is 13.1. The number of halogens is 2. The molecule has 0 saturated carbocycles. The molecule has 66 valence electrons. The minimum atomic E-state index is 0.641. The van der Waals surface area contributed by atoms with Crippen LogP contribution in [0, 0.1) is 0 Å². The van der Waals surface area contributed by atoms with Crippen LogP contribution in [0.15, 0.2) is 30.6 Å². The van der Waals surface area contributed by atoms with E-state index in [1.807, 2.05) is 18.2 Å². The van der Waals surface area contributed by atoms with E-state index in [-0.39, 0.29) is 0 Å². The van der Waals surface area contributed by atoms with Gasteiger partial charge in [-0.15, -0.1) is 11.3 Å². The van der Waals surface area contributed by atoms with Crippen LogP contribution in [-0.4, -0.2) is 4.98 Å². The van der Waals surface area contributed by atoms with Crippen LogP contribution < -0.4 is 0 Å². The normalized spacial score (nSPS) is 10.3. The van der Waals surface area contributed by atoms with E-state index in [9.17, 15) is 0 Å². The summed E-state index contributed by atoms with van der Waals surface area (Å²) in [5, 5.41) is 0.641. The van der Waals surface area contributed by atoms with Crippen molar-refractivity contribution in [2.45, 2.75) is 0 Å². The Kier molecular flexibility index (Phi) is 2.54. The van der Waals surface area contributed by atoms with Gasteiger partial charge in [0, 0.05) is 22.8 Å². The maximum atomic E-state index is 5.82. The van der Waals surface area contributed by atoms with Crippen LogP contribution in [0.1, 0.15) is 0 Å². The van der Waals surface area contributed by atoms with Crippen LogP contribution in [-0.2, 0) is 0 Å². The molecule has 2 aromatic heterocycles. The molecule has 0 bridgehead atoms. The lowest BCUT2D eigenvalue weighted by Crippen LogP contribution is -1.75. The molecule has 0 amide bonds. The highest BCUT2D eigenvalue weighted by Crippen LogP contribution is 2.31. The SMILES string of the molecule is Clc1cncc(-c2ccc(Cl)s2)c1. The molecule has 0 spiro atoms. The second-order valence-electron chi connectivity index (χ2n) is 2.50. The predicted octanol–water partition coefficient (Wildman–Crippen LogP) is 4.12. The second kappa shape index (κ2) is 3.66. The average molecular weight is 230 g/mol. The van der Waals surface area contributed by atoms with Crippen LogP contribution in [0.25, 0.3) is 10.4 Å². The van der Waals surface area contributed by atoms with Crippen molar-refractivity contribution < 1.29 is 0 Å². The van der Waals surface area contributed by atoms with Gasteiger partial charge in [0.1, 0.15) is 0 Å². The maximum absolute atomic E-state index is 5.82. The van der Waals surface area contributed by atoms with Gasteiger partial charge < -0.3 is 0 Å². The molecule has 0 aliphatic heterocycles. The van der Waals surface area contributed by atoms with Crippen molar-refractivity contribution in [2.24, 2.45) is 0 Å². The largest absolute Gasteiger partial charge is 0.263 e. The van der Waals surface area contributed by atoms with Crippen molar-refractivity contribution in [3.8, 4) is 10.4 Å². The Morgan fingerprint density at radius 1 is 1.15 bits per heavy atom. The lowest BCUT2D eigenvalue weighted by Gasteiger charge is -1.95. The lowest BCUT2D eigenvalue weighted by molar-refractivity contribution is 1.33. The zero-order chi connectivity index (χ0) is 9.26. The summed E-state index contributed by atoms with van der Waals surface area (Å²) in [7, 11) is 0. The van der Waals surface area contributed by atoms with Gasteiger partial charge >= 0.3 is 0 Å². The minimum absolute atomic E-state index is 0.641.